The zero-order chi connectivity index (χ0) is 33.6. The van der Waals surface area contributed by atoms with Crippen molar-refractivity contribution in [2.24, 2.45) is 11.8 Å². The Kier molecular flexibility index (Phi) is 13.9. The van der Waals surface area contributed by atoms with Gasteiger partial charge in [-0.05, 0) is 61.8 Å². The Balaban J connectivity index is 1.82. The first-order chi connectivity index (χ1) is 21.9. The summed E-state index contributed by atoms with van der Waals surface area (Å²) in [5, 5.41) is 11.1. The second kappa shape index (κ2) is 17.8. The van der Waals surface area contributed by atoms with E-state index in [1.54, 1.807) is 32.1 Å². The Labute approximate surface area is 269 Å². The van der Waals surface area contributed by atoms with Crippen LogP contribution in [0.4, 0.5) is 9.18 Å². The zero-order valence-electron chi connectivity index (χ0n) is 26.9. The maximum atomic E-state index is 13.9. The Morgan fingerprint density at radius 1 is 1.02 bits per heavy atom. The number of carbonyl (C=O) groups excluding carboxylic acids is 5. The maximum absolute atomic E-state index is 13.9. The molecule has 11 heteroatoms. The zero-order valence-corrected chi connectivity index (χ0v) is 26.9. The molecule has 3 rings (SSSR count). The van der Waals surface area contributed by atoms with E-state index < -0.39 is 41.9 Å². The number of halogens is 1. The second-order valence-corrected chi connectivity index (χ2v) is 12.1. The number of nitrogens with one attached hydrogen (secondary N) is 4. The van der Waals surface area contributed by atoms with E-state index in [2.05, 4.69) is 21.3 Å². The van der Waals surface area contributed by atoms with Gasteiger partial charge in [0.05, 0.1) is 19.2 Å². The molecule has 1 heterocycles. The number of carbonyl (C=O) groups is 5. The number of urea groups is 1. The second-order valence-electron chi connectivity index (χ2n) is 12.1. The van der Waals surface area contributed by atoms with Gasteiger partial charge in [0.2, 0.25) is 11.8 Å². The molecule has 4 atom stereocenters. The quantitative estimate of drug-likeness (QED) is 0.277. The molecule has 0 saturated heterocycles. The molecule has 0 saturated carbocycles. The molecule has 0 aromatic heterocycles. The number of ether oxygens (including phenoxy) is 1. The van der Waals surface area contributed by atoms with E-state index in [0.29, 0.717) is 31.4 Å². The molecule has 1 aliphatic rings. The molecule has 0 fully saturated rings. The first-order valence-corrected chi connectivity index (χ1v) is 15.7. The fourth-order valence-electron chi connectivity index (χ4n) is 5.26. The Morgan fingerprint density at radius 2 is 1.76 bits per heavy atom. The van der Waals surface area contributed by atoms with Gasteiger partial charge in [-0.15, -0.1) is 0 Å². The minimum absolute atomic E-state index is 0.143. The summed E-state index contributed by atoms with van der Waals surface area (Å²) >= 11 is 0. The third-order valence-corrected chi connectivity index (χ3v) is 7.91. The van der Waals surface area contributed by atoms with Crippen molar-refractivity contribution in [1.29, 1.82) is 0 Å². The summed E-state index contributed by atoms with van der Waals surface area (Å²) in [4.78, 5) is 65.1. The molecular formula is C35H45FN4O6. The molecule has 0 radical (unpaired) electrons. The maximum Gasteiger partial charge on any atom is 0.328 e. The van der Waals surface area contributed by atoms with Crippen LogP contribution in [-0.2, 0) is 36.8 Å². The Bertz CT molecular complexity index is 1390. The van der Waals surface area contributed by atoms with E-state index in [1.165, 1.54) is 25.3 Å². The molecule has 248 valence electrons. The summed E-state index contributed by atoms with van der Waals surface area (Å²) in [5.74, 6) is -2.99. The molecule has 4 amide bonds. The van der Waals surface area contributed by atoms with Gasteiger partial charge >= 0.3 is 12.0 Å². The molecular weight excluding hydrogens is 591 g/mol. The van der Waals surface area contributed by atoms with Crippen LogP contribution in [0, 0.1) is 24.6 Å². The van der Waals surface area contributed by atoms with E-state index in [0.717, 1.165) is 11.1 Å². The highest BCUT2D eigenvalue weighted by atomic mass is 19.1. The number of hydrogen-bond donors (Lipinski definition) is 4. The first-order valence-electron chi connectivity index (χ1n) is 15.7. The van der Waals surface area contributed by atoms with E-state index in [1.807, 2.05) is 31.2 Å². The van der Waals surface area contributed by atoms with Gasteiger partial charge in [-0.25, -0.2) is 14.0 Å². The van der Waals surface area contributed by atoms with Crippen molar-refractivity contribution >= 4 is 29.6 Å². The van der Waals surface area contributed by atoms with Gasteiger partial charge in [0.25, 0.3) is 0 Å². The van der Waals surface area contributed by atoms with Crippen molar-refractivity contribution in [2.45, 2.75) is 77.4 Å². The monoisotopic (exact) mass is 636 g/mol. The number of aryl methyl sites for hydroxylation is 1. The number of rotatable bonds is 11. The summed E-state index contributed by atoms with van der Waals surface area (Å²) in [5.41, 5.74) is 2.49. The average Bonchev–Trinajstić information content (AvgIpc) is 3.01. The topological polar surface area (TPSA) is 143 Å². The highest BCUT2D eigenvalue weighted by molar-refractivity contribution is 5.93. The van der Waals surface area contributed by atoms with Crippen LogP contribution in [0.25, 0.3) is 0 Å². The highest BCUT2D eigenvalue weighted by Crippen LogP contribution is 2.19. The van der Waals surface area contributed by atoms with Gasteiger partial charge in [0.1, 0.15) is 11.9 Å². The molecule has 0 bridgehead atoms. The van der Waals surface area contributed by atoms with Crippen molar-refractivity contribution in [3.63, 3.8) is 0 Å². The van der Waals surface area contributed by atoms with Crippen LogP contribution < -0.4 is 21.3 Å². The highest BCUT2D eigenvalue weighted by Gasteiger charge is 2.31. The van der Waals surface area contributed by atoms with Gasteiger partial charge in [-0.2, -0.15) is 0 Å². The number of amides is 4. The van der Waals surface area contributed by atoms with Crippen molar-refractivity contribution in [3.05, 3.63) is 83.2 Å². The summed E-state index contributed by atoms with van der Waals surface area (Å²) < 4.78 is 18.7. The van der Waals surface area contributed by atoms with Gasteiger partial charge in [-0.3, -0.25) is 14.4 Å². The molecule has 0 spiro atoms. The molecule has 4 N–H and O–H groups in total. The fraction of sp³-hybridized carbons (Fsp3) is 0.457. The number of benzene rings is 2. The lowest BCUT2D eigenvalue weighted by molar-refractivity contribution is -0.144. The first kappa shape index (κ1) is 35.9. The molecule has 1 unspecified atom stereocenters. The van der Waals surface area contributed by atoms with Gasteiger partial charge in [-0.1, -0.05) is 68.3 Å². The standard InChI is InChI=1S/C35H45FN4O6/c1-22(2)32(34(44)46-4)40-35(45)39-29(20-24-13-11-23(3)12-14-24)30(41)21-26-9-5-6-17-37-31(42)16-15-28(38-33(26)43)19-25-8-7-10-27(36)18-25/h7-8,10-16,18,22,26,28-29,32H,5-6,9,17,19-21H2,1-4H3,(H,37,42)(H,38,43)(H2,39,40,45)/b16-15+/t26?,28-,29+,32+/m1/s1. The predicted octanol–water partition coefficient (Wildman–Crippen LogP) is 3.70. The van der Waals surface area contributed by atoms with E-state index in [-0.39, 0.29) is 42.8 Å². The van der Waals surface area contributed by atoms with E-state index in [9.17, 15) is 28.4 Å². The number of ketones is 1. The summed E-state index contributed by atoms with van der Waals surface area (Å²) in [6.45, 7) is 5.89. The van der Waals surface area contributed by atoms with Gasteiger partial charge in [0, 0.05) is 25.0 Å². The van der Waals surface area contributed by atoms with Gasteiger partial charge in [0.15, 0.2) is 5.78 Å². The molecule has 1 aliphatic heterocycles. The normalized spacial score (nSPS) is 19.3. The van der Waals surface area contributed by atoms with E-state index in [4.69, 9.17) is 4.74 Å². The summed E-state index contributed by atoms with van der Waals surface area (Å²) in [6.07, 6.45) is 4.77. The lowest BCUT2D eigenvalue weighted by atomic mass is 9.90. The van der Waals surface area contributed by atoms with Crippen molar-refractivity contribution in [3.8, 4) is 0 Å². The number of Topliss-reactive ketones (excluding diaryl/α,β-unsaturated/α-hetero) is 1. The molecule has 2 aromatic carbocycles. The molecule has 2 aromatic rings. The average molecular weight is 637 g/mol. The van der Waals surface area contributed by atoms with Crippen LogP contribution in [-0.4, -0.2) is 61.4 Å². The van der Waals surface area contributed by atoms with Crippen LogP contribution >= 0.6 is 0 Å². The van der Waals surface area contributed by atoms with Crippen molar-refractivity contribution in [1.82, 2.24) is 21.3 Å². The summed E-state index contributed by atoms with van der Waals surface area (Å²) in [6, 6.07) is 10.4. The van der Waals surface area contributed by atoms with E-state index >= 15 is 0 Å². The number of esters is 1. The molecule has 10 nitrogen and oxygen atoms in total. The largest absolute Gasteiger partial charge is 0.467 e. The lowest BCUT2D eigenvalue weighted by Gasteiger charge is -2.25. The van der Waals surface area contributed by atoms with Crippen LogP contribution in [0.1, 0.15) is 56.2 Å². The molecule has 0 aliphatic carbocycles. The smallest absolute Gasteiger partial charge is 0.328 e. The minimum atomic E-state index is -0.982. The SMILES string of the molecule is COC(=O)[C@@H](NC(=O)N[C@@H](Cc1ccc(C)cc1)C(=O)CC1CCCCNC(=O)/C=C/[C@H](Cc2cccc(F)c2)NC1=O)C(C)C. The van der Waals surface area contributed by atoms with Gasteiger partial charge < -0.3 is 26.0 Å². The van der Waals surface area contributed by atoms with Crippen LogP contribution in [0.5, 0.6) is 0 Å². The van der Waals surface area contributed by atoms with Crippen molar-refractivity contribution < 1.29 is 33.1 Å². The predicted molar refractivity (Wildman–Crippen MR) is 172 cm³/mol. The Hall–Kier alpha value is -4.54. The minimum Gasteiger partial charge on any atom is -0.467 e. The van der Waals surface area contributed by atoms with Crippen molar-refractivity contribution in [2.75, 3.05) is 13.7 Å². The number of hydrogen-bond acceptors (Lipinski definition) is 6. The number of methoxy groups -OCH3 is 1. The van der Waals surface area contributed by atoms with Crippen LogP contribution in [0.15, 0.2) is 60.7 Å². The molecule has 46 heavy (non-hydrogen) atoms. The third kappa shape index (κ3) is 11.8. The summed E-state index contributed by atoms with van der Waals surface area (Å²) in [7, 11) is 1.24. The fourth-order valence-corrected chi connectivity index (χ4v) is 5.26. The van der Waals surface area contributed by atoms with Crippen LogP contribution in [0.3, 0.4) is 0 Å². The van der Waals surface area contributed by atoms with Crippen LogP contribution in [0.2, 0.25) is 0 Å². The lowest BCUT2D eigenvalue weighted by Crippen LogP contribution is -2.53. The Morgan fingerprint density at radius 3 is 2.43 bits per heavy atom. The third-order valence-electron chi connectivity index (χ3n) is 7.91.